The molecule has 0 aliphatic heterocycles. The Labute approximate surface area is 134 Å². The van der Waals surface area contributed by atoms with Crippen LogP contribution in [0.4, 0.5) is 21.0 Å². The average Bonchev–Trinajstić information content (AvgIpc) is 2.47. The van der Waals surface area contributed by atoms with Crippen molar-refractivity contribution in [3.05, 3.63) is 54.6 Å². The fourth-order valence-corrected chi connectivity index (χ4v) is 1.77. The molecule has 0 radical (unpaired) electrons. The smallest absolute Gasteiger partial charge is 0.417 e. The highest BCUT2D eigenvalue weighted by atomic mass is 16.6. The highest BCUT2D eigenvalue weighted by Crippen LogP contribution is 2.18. The fraction of sp³-hybridized carbons (Fsp3) is 0.176. The predicted molar refractivity (Wildman–Crippen MR) is 87.8 cm³/mol. The Hall–Kier alpha value is -3.02. The lowest BCUT2D eigenvalue weighted by molar-refractivity contribution is 0.130. The van der Waals surface area contributed by atoms with Crippen molar-refractivity contribution in [3.8, 4) is 5.75 Å². The number of amides is 2. The maximum Gasteiger partial charge on any atom is 0.417 e. The molecule has 6 heteroatoms. The topological polar surface area (TPSA) is 76.7 Å². The molecule has 0 unspecified atom stereocenters. The number of hydrogen-bond donors (Lipinski definition) is 2. The number of hydrogen-bond acceptors (Lipinski definition) is 4. The van der Waals surface area contributed by atoms with Gasteiger partial charge < -0.3 is 9.47 Å². The largest absolute Gasteiger partial charge is 0.447 e. The van der Waals surface area contributed by atoms with Crippen molar-refractivity contribution in [3.63, 3.8) is 0 Å². The number of carbonyl (C=O) groups excluding carboxylic acids is 2. The Morgan fingerprint density at radius 3 is 2.22 bits per heavy atom. The van der Waals surface area contributed by atoms with Gasteiger partial charge in [0.25, 0.3) is 0 Å². The number of rotatable bonds is 4. The number of para-hydroxylation sites is 1. The molecule has 6 nitrogen and oxygen atoms in total. The second kappa shape index (κ2) is 7.84. The van der Waals surface area contributed by atoms with E-state index in [1.807, 2.05) is 6.07 Å². The second-order valence-corrected chi connectivity index (χ2v) is 4.99. The van der Waals surface area contributed by atoms with Crippen LogP contribution < -0.4 is 15.4 Å². The molecule has 0 aliphatic rings. The van der Waals surface area contributed by atoms with E-state index in [9.17, 15) is 9.59 Å². The number of ether oxygens (including phenoxy) is 2. The van der Waals surface area contributed by atoms with Crippen molar-refractivity contribution in [2.45, 2.75) is 20.0 Å². The molecule has 2 rings (SSSR count). The summed E-state index contributed by atoms with van der Waals surface area (Å²) in [5, 5.41) is 5.17. The van der Waals surface area contributed by atoms with Crippen LogP contribution in [0.15, 0.2) is 54.6 Å². The summed E-state index contributed by atoms with van der Waals surface area (Å²) in [6, 6.07) is 15.4. The lowest BCUT2D eigenvalue weighted by atomic mass is 10.3. The first-order chi connectivity index (χ1) is 11.0. The zero-order valence-corrected chi connectivity index (χ0v) is 12.9. The monoisotopic (exact) mass is 314 g/mol. The van der Waals surface area contributed by atoms with E-state index in [-0.39, 0.29) is 6.10 Å². The van der Waals surface area contributed by atoms with Crippen LogP contribution in [0.1, 0.15) is 13.8 Å². The maximum atomic E-state index is 11.8. The van der Waals surface area contributed by atoms with Gasteiger partial charge in [-0.15, -0.1) is 0 Å². The molecule has 120 valence electrons. The number of anilines is 2. The minimum atomic E-state index is -0.613. The van der Waals surface area contributed by atoms with Crippen LogP contribution in [0.3, 0.4) is 0 Å². The van der Waals surface area contributed by atoms with Crippen LogP contribution in [0.2, 0.25) is 0 Å². The van der Waals surface area contributed by atoms with Crippen molar-refractivity contribution in [1.82, 2.24) is 0 Å². The summed E-state index contributed by atoms with van der Waals surface area (Å²) in [7, 11) is 0. The molecule has 0 aromatic heterocycles. The SMILES string of the molecule is CC(C)OC(=O)Nc1cccc(OC(=O)Nc2ccccc2)c1. The molecule has 2 aromatic rings. The quantitative estimate of drug-likeness (QED) is 0.884. The zero-order valence-electron chi connectivity index (χ0n) is 12.9. The van der Waals surface area contributed by atoms with Gasteiger partial charge in [0.15, 0.2) is 0 Å². The molecule has 2 aromatic carbocycles. The average molecular weight is 314 g/mol. The van der Waals surface area contributed by atoms with Gasteiger partial charge in [-0.3, -0.25) is 10.6 Å². The van der Waals surface area contributed by atoms with Gasteiger partial charge in [-0.1, -0.05) is 24.3 Å². The summed E-state index contributed by atoms with van der Waals surface area (Å²) in [5.41, 5.74) is 1.10. The molecular weight excluding hydrogens is 296 g/mol. The van der Waals surface area contributed by atoms with Crippen LogP contribution in [0.25, 0.3) is 0 Å². The van der Waals surface area contributed by atoms with E-state index < -0.39 is 12.2 Å². The molecule has 0 heterocycles. The minimum Gasteiger partial charge on any atom is -0.447 e. The minimum absolute atomic E-state index is 0.217. The Morgan fingerprint density at radius 2 is 1.52 bits per heavy atom. The third kappa shape index (κ3) is 5.70. The zero-order chi connectivity index (χ0) is 16.7. The van der Waals surface area contributed by atoms with Crippen LogP contribution in [0.5, 0.6) is 5.75 Å². The molecular formula is C17H18N2O4. The van der Waals surface area contributed by atoms with Gasteiger partial charge in [0, 0.05) is 17.4 Å². The lowest BCUT2D eigenvalue weighted by Crippen LogP contribution is -2.18. The molecule has 0 bridgehead atoms. The summed E-state index contributed by atoms with van der Waals surface area (Å²) in [4.78, 5) is 23.4. The summed E-state index contributed by atoms with van der Waals surface area (Å²) in [5.74, 6) is 0.306. The van der Waals surface area contributed by atoms with Gasteiger partial charge in [-0.25, -0.2) is 9.59 Å². The van der Waals surface area contributed by atoms with Crippen molar-refractivity contribution in [2.24, 2.45) is 0 Å². The molecule has 0 aliphatic carbocycles. The van der Waals surface area contributed by atoms with Crippen LogP contribution in [0, 0.1) is 0 Å². The number of nitrogens with one attached hydrogen (secondary N) is 2. The standard InChI is InChI=1S/C17H18N2O4/c1-12(2)22-16(20)19-14-9-6-10-15(11-14)23-17(21)18-13-7-4-3-5-8-13/h3-12H,1-2H3,(H,18,21)(H,19,20). The fourth-order valence-electron chi connectivity index (χ4n) is 1.77. The van der Waals surface area contributed by atoms with E-state index >= 15 is 0 Å². The second-order valence-electron chi connectivity index (χ2n) is 4.99. The summed E-state index contributed by atoms with van der Waals surface area (Å²) >= 11 is 0. The highest BCUT2D eigenvalue weighted by molar-refractivity contribution is 5.87. The van der Waals surface area contributed by atoms with Gasteiger partial charge in [0.2, 0.25) is 0 Å². The molecule has 0 saturated heterocycles. The molecule has 0 spiro atoms. The van der Waals surface area contributed by atoms with Gasteiger partial charge in [-0.2, -0.15) is 0 Å². The van der Waals surface area contributed by atoms with Gasteiger partial charge in [0.1, 0.15) is 5.75 Å². The highest BCUT2D eigenvalue weighted by Gasteiger charge is 2.08. The lowest BCUT2D eigenvalue weighted by Gasteiger charge is -2.11. The van der Waals surface area contributed by atoms with E-state index in [1.165, 1.54) is 6.07 Å². The van der Waals surface area contributed by atoms with Crippen molar-refractivity contribution in [2.75, 3.05) is 10.6 Å². The first-order valence-electron chi connectivity index (χ1n) is 7.14. The van der Waals surface area contributed by atoms with Crippen molar-refractivity contribution >= 4 is 23.6 Å². The Balaban J connectivity index is 1.94. The summed E-state index contributed by atoms with van der Waals surface area (Å²) in [6.45, 7) is 3.51. The molecule has 0 atom stereocenters. The molecule has 2 N–H and O–H groups in total. The van der Waals surface area contributed by atoms with Crippen LogP contribution >= 0.6 is 0 Å². The van der Waals surface area contributed by atoms with E-state index in [1.54, 1.807) is 56.3 Å². The van der Waals surface area contributed by atoms with Gasteiger partial charge in [0.05, 0.1) is 6.10 Å². The number of carbonyl (C=O) groups is 2. The van der Waals surface area contributed by atoms with Crippen LogP contribution in [-0.2, 0) is 4.74 Å². The van der Waals surface area contributed by atoms with Gasteiger partial charge >= 0.3 is 12.2 Å². The normalized spacial score (nSPS) is 10.0. The number of benzene rings is 2. The first kappa shape index (κ1) is 16.4. The molecule has 0 saturated carbocycles. The molecule has 0 fully saturated rings. The van der Waals surface area contributed by atoms with E-state index in [0.29, 0.717) is 17.1 Å². The first-order valence-corrected chi connectivity index (χ1v) is 7.14. The Morgan fingerprint density at radius 1 is 0.870 bits per heavy atom. The van der Waals surface area contributed by atoms with Crippen molar-refractivity contribution in [1.29, 1.82) is 0 Å². The van der Waals surface area contributed by atoms with Gasteiger partial charge in [-0.05, 0) is 38.1 Å². The molecule has 23 heavy (non-hydrogen) atoms. The Kier molecular flexibility index (Phi) is 5.57. The summed E-state index contributed by atoms with van der Waals surface area (Å²) < 4.78 is 10.2. The summed E-state index contributed by atoms with van der Waals surface area (Å²) in [6.07, 6.45) is -1.39. The van der Waals surface area contributed by atoms with E-state index in [4.69, 9.17) is 9.47 Å². The van der Waals surface area contributed by atoms with Crippen LogP contribution in [-0.4, -0.2) is 18.3 Å². The third-order valence-electron chi connectivity index (χ3n) is 2.65. The van der Waals surface area contributed by atoms with E-state index in [0.717, 1.165) is 0 Å². The Bertz CT molecular complexity index is 671. The predicted octanol–water partition coefficient (Wildman–Crippen LogP) is 4.25. The third-order valence-corrected chi connectivity index (χ3v) is 2.65. The van der Waals surface area contributed by atoms with Crippen molar-refractivity contribution < 1.29 is 19.1 Å². The van der Waals surface area contributed by atoms with E-state index in [2.05, 4.69) is 10.6 Å². The maximum absolute atomic E-state index is 11.8. The molecule has 2 amide bonds.